The highest BCUT2D eigenvalue weighted by Gasteiger charge is 2.33. The number of anilines is 1. The van der Waals surface area contributed by atoms with Crippen molar-refractivity contribution in [2.45, 2.75) is 31.6 Å². The van der Waals surface area contributed by atoms with E-state index in [1.807, 2.05) is 32.0 Å². The molecule has 0 saturated carbocycles. The quantitative estimate of drug-likeness (QED) is 0.132. The lowest BCUT2D eigenvalue weighted by molar-refractivity contribution is -0.137. The van der Waals surface area contributed by atoms with E-state index in [1.54, 1.807) is 55.6 Å². The number of nitrogens with one attached hydrogen (secondary N) is 1. The molecule has 0 fully saturated rings. The Labute approximate surface area is 272 Å². The maximum absolute atomic E-state index is 14.3. The van der Waals surface area contributed by atoms with Crippen molar-refractivity contribution in [3.05, 3.63) is 94.3 Å². The minimum absolute atomic E-state index is 0.0145. The minimum atomic E-state index is -1.10. The van der Waals surface area contributed by atoms with Crippen LogP contribution in [0.3, 0.4) is 0 Å². The predicted octanol–water partition coefficient (Wildman–Crippen LogP) is 6.28. The van der Waals surface area contributed by atoms with Gasteiger partial charge in [0.1, 0.15) is 17.5 Å². The molecule has 1 atom stereocenters. The van der Waals surface area contributed by atoms with Crippen LogP contribution in [-0.4, -0.2) is 60.9 Å². The zero-order valence-electron chi connectivity index (χ0n) is 25.9. The molecule has 236 valence electrons. The molecule has 1 N–H and O–H groups in total. The molecule has 12 heteroatoms. The number of aryl methyl sites for hydroxylation is 2. The second-order valence-corrected chi connectivity index (χ2v) is 11.3. The van der Waals surface area contributed by atoms with Crippen LogP contribution in [-0.2, 0) is 16.1 Å². The number of amides is 2. The maximum atomic E-state index is 14.3. The average molecular weight is 651 g/mol. The molecule has 0 radical (unpaired) electrons. The monoisotopic (exact) mass is 650 g/mol. The molecule has 0 aliphatic heterocycles. The number of nitrogens with zero attached hydrogens (tertiary/aromatic N) is 3. The zero-order valence-corrected chi connectivity index (χ0v) is 27.5. The van der Waals surface area contributed by atoms with Crippen molar-refractivity contribution in [1.29, 1.82) is 0 Å². The van der Waals surface area contributed by atoms with Crippen molar-refractivity contribution in [3.63, 3.8) is 0 Å². The third kappa shape index (κ3) is 8.58. The Hall–Kier alpha value is -4.48. The van der Waals surface area contributed by atoms with Gasteiger partial charge in [-0.25, -0.2) is 9.97 Å². The van der Waals surface area contributed by atoms with Gasteiger partial charge in [-0.3, -0.25) is 9.59 Å². The van der Waals surface area contributed by atoms with E-state index < -0.39 is 11.9 Å². The molecule has 1 unspecified atom stereocenters. The van der Waals surface area contributed by atoms with E-state index in [9.17, 15) is 9.59 Å². The number of methoxy groups -OCH3 is 4. The van der Waals surface area contributed by atoms with Gasteiger partial charge in [0.15, 0.2) is 16.7 Å². The highest BCUT2D eigenvalue weighted by molar-refractivity contribution is 7.99. The fraction of sp³-hybridized carbons (Fsp3) is 0.273. The highest BCUT2D eigenvalue weighted by atomic mass is 35.5. The van der Waals surface area contributed by atoms with Gasteiger partial charge < -0.3 is 29.2 Å². The number of hydrogen-bond acceptors (Lipinski definition) is 9. The molecule has 1 heterocycles. The van der Waals surface area contributed by atoms with Crippen molar-refractivity contribution >= 4 is 40.9 Å². The van der Waals surface area contributed by atoms with Gasteiger partial charge in [0.2, 0.25) is 5.91 Å². The normalized spacial score (nSPS) is 11.4. The summed E-state index contributed by atoms with van der Waals surface area (Å²) in [6.07, 6.45) is 0. The van der Waals surface area contributed by atoms with E-state index in [2.05, 4.69) is 15.3 Å². The first-order valence-corrected chi connectivity index (χ1v) is 15.3. The van der Waals surface area contributed by atoms with Crippen LogP contribution in [0.15, 0.2) is 71.9 Å². The van der Waals surface area contributed by atoms with Gasteiger partial charge in [0.25, 0.3) is 5.91 Å². The number of carbonyl (C=O) groups excluding carboxylic acids is 2. The van der Waals surface area contributed by atoms with Crippen LogP contribution in [0.25, 0.3) is 0 Å². The van der Waals surface area contributed by atoms with Gasteiger partial charge >= 0.3 is 0 Å². The molecule has 0 spiro atoms. The van der Waals surface area contributed by atoms with Gasteiger partial charge in [-0.1, -0.05) is 41.6 Å². The van der Waals surface area contributed by atoms with E-state index in [0.29, 0.717) is 44.4 Å². The fourth-order valence-corrected chi connectivity index (χ4v) is 5.64. The number of carbonyl (C=O) groups is 2. The van der Waals surface area contributed by atoms with E-state index in [-0.39, 0.29) is 18.2 Å². The molecular weight excluding hydrogens is 616 g/mol. The van der Waals surface area contributed by atoms with Gasteiger partial charge in [-0.2, -0.15) is 0 Å². The summed E-state index contributed by atoms with van der Waals surface area (Å²) in [6, 6.07) is 18.1. The van der Waals surface area contributed by atoms with E-state index in [1.165, 1.54) is 38.0 Å². The standard InChI is InChI=1S/C33H35ClN4O6S/c1-20-15-21(2)36-33(35-20)45-19-30(39)38(18-22-7-10-24(34)11-8-22)31(23-9-14-27(42-4)29(16-23)44-6)32(40)37-26-13-12-25(41-3)17-28(26)43-5/h7-17,31H,18-19H2,1-6H3,(H,37,40). The molecule has 0 aliphatic rings. The average Bonchev–Trinajstić information content (AvgIpc) is 3.03. The first-order chi connectivity index (χ1) is 21.6. The predicted molar refractivity (Wildman–Crippen MR) is 175 cm³/mol. The lowest BCUT2D eigenvalue weighted by Gasteiger charge is -2.32. The Kier molecular flexibility index (Phi) is 11.5. The molecule has 45 heavy (non-hydrogen) atoms. The molecule has 0 aliphatic carbocycles. The Morgan fingerprint density at radius 2 is 1.49 bits per heavy atom. The van der Waals surface area contributed by atoms with Gasteiger partial charge in [0, 0.05) is 29.0 Å². The lowest BCUT2D eigenvalue weighted by Crippen LogP contribution is -2.42. The fourth-order valence-electron chi connectivity index (χ4n) is 4.68. The third-order valence-electron chi connectivity index (χ3n) is 6.82. The van der Waals surface area contributed by atoms with Crippen molar-refractivity contribution in [2.24, 2.45) is 0 Å². The molecule has 2 amide bonds. The van der Waals surface area contributed by atoms with Crippen LogP contribution in [0.2, 0.25) is 5.02 Å². The summed E-state index contributed by atoms with van der Waals surface area (Å²) < 4.78 is 21.8. The number of halogens is 1. The number of thioether (sulfide) groups is 1. The highest BCUT2D eigenvalue weighted by Crippen LogP contribution is 2.36. The summed E-state index contributed by atoms with van der Waals surface area (Å²) in [5.41, 5.74) is 3.29. The minimum Gasteiger partial charge on any atom is -0.497 e. The molecule has 4 rings (SSSR count). The molecule has 0 bridgehead atoms. The molecule has 1 aromatic heterocycles. The largest absolute Gasteiger partial charge is 0.497 e. The van der Waals surface area contributed by atoms with Crippen molar-refractivity contribution < 1.29 is 28.5 Å². The topological polar surface area (TPSA) is 112 Å². The van der Waals surface area contributed by atoms with Gasteiger partial charge in [-0.05, 0) is 67.4 Å². The molecule has 0 saturated heterocycles. The first kappa shape index (κ1) is 33.4. The van der Waals surface area contributed by atoms with Crippen molar-refractivity contribution in [2.75, 3.05) is 39.5 Å². The Bertz CT molecular complexity index is 1630. The van der Waals surface area contributed by atoms with Crippen LogP contribution in [0.4, 0.5) is 5.69 Å². The lowest BCUT2D eigenvalue weighted by atomic mass is 10.0. The molecule has 3 aromatic carbocycles. The number of rotatable bonds is 13. The van der Waals surface area contributed by atoms with E-state index >= 15 is 0 Å². The Balaban J connectivity index is 1.79. The van der Waals surface area contributed by atoms with Gasteiger partial charge in [-0.15, -0.1) is 0 Å². The SMILES string of the molecule is COc1ccc(NC(=O)C(c2ccc(OC)c(OC)c2)N(Cc2ccc(Cl)cc2)C(=O)CSc2nc(C)cc(C)n2)c(OC)c1. The zero-order chi connectivity index (χ0) is 32.5. The second kappa shape index (κ2) is 15.5. The smallest absolute Gasteiger partial charge is 0.251 e. The van der Waals surface area contributed by atoms with E-state index in [0.717, 1.165) is 17.0 Å². The summed E-state index contributed by atoms with van der Waals surface area (Å²) in [5, 5.41) is 3.99. The molecule has 4 aromatic rings. The van der Waals surface area contributed by atoms with Crippen LogP contribution in [0, 0.1) is 13.8 Å². The summed E-state index contributed by atoms with van der Waals surface area (Å²) in [5.74, 6) is 1.05. The summed E-state index contributed by atoms with van der Waals surface area (Å²) in [4.78, 5) is 38.9. The number of aromatic nitrogens is 2. The van der Waals surface area contributed by atoms with Gasteiger partial charge in [0.05, 0.1) is 39.9 Å². The van der Waals surface area contributed by atoms with E-state index in [4.69, 9.17) is 30.5 Å². The van der Waals surface area contributed by atoms with Crippen LogP contribution >= 0.6 is 23.4 Å². The van der Waals surface area contributed by atoms with Crippen LogP contribution < -0.4 is 24.3 Å². The molecular formula is C33H35ClN4O6S. The second-order valence-electron chi connectivity index (χ2n) is 9.94. The van der Waals surface area contributed by atoms with Crippen molar-refractivity contribution in [1.82, 2.24) is 14.9 Å². The number of ether oxygens (including phenoxy) is 4. The van der Waals surface area contributed by atoms with Crippen molar-refractivity contribution in [3.8, 4) is 23.0 Å². The van der Waals surface area contributed by atoms with Crippen LogP contribution in [0.1, 0.15) is 28.6 Å². The molecule has 10 nitrogen and oxygen atoms in total. The summed E-state index contributed by atoms with van der Waals surface area (Å²) in [6.45, 7) is 3.85. The summed E-state index contributed by atoms with van der Waals surface area (Å²) in [7, 11) is 6.08. The first-order valence-electron chi connectivity index (χ1n) is 13.9. The number of benzene rings is 3. The maximum Gasteiger partial charge on any atom is 0.251 e. The van der Waals surface area contributed by atoms with Crippen LogP contribution in [0.5, 0.6) is 23.0 Å². The Morgan fingerprint density at radius 1 is 0.822 bits per heavy atom. The summed E-state index contributed by atoms with van der Waals surface area (Å²) >= 11 is 7.36. The number of hydrogen-bond donors (Lipinski definition) is 1. The third-order valence-corrected chi connectivity index (χ3v) is 7.91. The Morgan fingerprint density at radius 3 is 2.11 bits per heavy atom.